The highest BCUT2D eigenvalue weighted by atomic mass is 16.5. The average molecular weight is 238 g/mol. The topological polar surface area (TPSA) is 69.9 Å². The highest BCUT2D eigenvalue weighted by molar-refractivity contribution is 5.57. The number of hydrogen-bond donors (Lipinski definition) is 3. The summed E-state index contributed by atoms with van der Waals surface area (Å²) >= 11 is 0. The van der Waals surface area contributed by atoms with Crippen LogP contribution in [0.25, 0.3) is 6.08 Å². The Balaban J connectivity index is 2.93. The summed E-state index contributed by atoms with van der Waals surface area (Å²) in [5.74, 6) is 0.153. The summed E-state index contributed by atoms with van der Waals surface area (Å²) < 4.78 is 5.00. The summed E-state index contributed by atoms with van der Waals surface area (Å²) in [4.78, 5) is 0. The Hall–Kier alpha value is -1.36. The fourth-order valence-corrected chi connectivity index (χ4v) is 1.41. The molecule has 0 spiro atoms. The van der Waals surface area contributed by atoms with Crippen LogP contribution in [0.2, 0.25) is 0 Å². The summed E-state index contributed by atoms with van der Waals surface area (Å²) in [7, 11) is 1.55. The van der Waals surface area contributed by atoms with E-state index in [-0.39, 0.29) is 12.4 Å². The van der Waals surface area contributed by atoms with Gasteiger partial charge in [0.2, 0.25) is 0 Å². The van der Waals surface area contributed by atoms with Crippen LogP contribution in [0.1, 0.15) is 18.1 Å². The Kier molecular flexibility index (Phi) is 5.15. The van der Waals surface area contributed by atoms with Crippen molar-refractivity contribution in [2.75, 3.05) is 7.11 Å². The first-order chi connectivity index (χ1) is 8.06. The smallest absolute Gasteiger partial charge is 0.121 e. The van der Waals surface area contributed by atoms with Gasteiger partial charge in [0.1, 0.15) is 5.75 Å². The fourth-order valence-electron chi connectivity index (χ4n) is 1.41. The van der Waals surface area contributed by atoms with E-state index < -0.39 is 12.2 Å². The van der Waals surface area contributed by atoms with Gasteiger partial charge in [-0.25, -0.2) is 0 Å². The molecule has 1 rings (SSSR count). The number of benzene rings is 1. The van der Waals surface area contributed by atoms with Gasteiger partial charge in [0.25, 0.3) is 0 Å². The van der Waals surface area contributed by atoms with E-state index >= 15 is 0 Å². The third-order valence-electron chi connectivity index (χ3n) is 2.44. The van der Waals surface area contributed by atoms with Crippen LogP contribution in [0.15, 0.2) is 24.3 Å². The predicted octanol–water partition coefficient (Wildman–Crippen LogP) is 1.29. The van der Waals surface area contributed by atoms with Crippen LogP contribution in [0.3, 0.4) is 0 Å². The maximum absolute atomic E-state index is 9.67. The molecular formula is C13H18O4. The molecule has 0 saturated heterocycles. The summed E-state index contributed by atoms with van der Waals surface area (Å²) in [5, 5.41) is 28.3. The van der Waals surface area contributed by atoms with Crippen molar-refractivity contribution in [3.63, 3.8) is 0 Å². The van der Waals surface area contributed by atoms with Gasteiger partial charge in [-0.05, 0) is 18.6 Å². The lowest BCUT2D eigenvalue weighted by Crippen LogP contribution is -2.19. The molecule has 0 heterocycles. The quantitative estimate of drug-likeness (QED) is 0.723. The average Bonchev–Trinajstić information content (AvgIpc) is 2.29. The molecular weight excluding hydrogens is 220 g/mol. The maximum Gasteiger partial charge on any atom is 0.121 e. The fraction of sp³-hybridized carbons (Fsp3) is 0.385. The molecule has 0 unspecified atom stereocenters. The van der Waals surface area contributed by atoms with Crippen molar-refractivity contribution in [2.24, 2.45) is 0 Å². The molecule has 17 heavy (non-hydrogen) atoms. The molecule has 0 fully saturated rings. The van der Waals surface area contributed by atoms with Gasteiger partial charge < -0.3 is 20.1 Å². The molecule has 0 bridgehead atoms. The highest BCUT2D eigenvalue weighted by Gasteiger charge is 2.08. The summed E-state index contributed by atoms with van der Waals surface area (Å²) in [6, 6.07) is 5.10. The summed E-state index contributed by atoms with van der Waals surface area (Å²) in [5.41, 5.74) is 1.41. The summed E-state index contributed by atoms with van der Waals surface area (Å²) in [6.07, 6.45) is 1.39. The predicted molar refractivity (Wildman–Crippen MR) is 65.5 cm³/mol. The number of methoxy groups -OCH3 is 1. The van der Waals surface area contributed by atoms with E-state index in [0.29, 0.717) is 5.56 Å². The van der Waals surface area contributed by atoms with E-state index in [0.717, 1.165) is 5.56 Å². The van der Waals surface area contributed by atoms with Crippen molar-refractivity contribution < 1.29 is 20.1 Å². The largest absolute Gasteiger partial charge is 0.508 e. The molecule has 1 aromatic carbocycles. The van der Waals surface area contributed by atoms with E-state index in [9.17, 15) is 10.2 Å². The molecule has 2 atom stereocenters. The zero-order valence-corrected chi connectivity index (χ0v) is 10.00. The Morgan fingerprint density at radius 1 is 1.35 bits per heavy atom. The van der Waals surface area contributed by atoms with Gasteiger partial charge in [-0.2, -0.15) is 0 Å². The molecule has 0 aromatic heterocycles. The van der Waals surface area contributed by atoms with Gasteiger partial charge in [-0.15, -0.1) is 0 Å². The minimum Gasteiger partial charge on any atom is -0.508 e. The molecule has 0 saturated carbocycles. The van der Waals surface area contributed by atoms with Crippen molar-refractivity contribution in [1.29, 1.82) is 0 Å². The zero-order valence-electron chi connectivity index (χ0n) is 10.00. The third kappa shape index (κ3) is 3.85. The summed E-state index contributed by atoms with van der Waals surface area (Å²) in [6.45, 7) is 1.80. The lowest BCUT2D eigenvalue weighted by atomic mass is 10.1. The standard InChI is InChI=1S/C13H18O4/c1-9(14)12(15)7-6-10-4-3-5-13(16)11(10)8-17-2/h3-7,9,12,14-16H,8H2,1-2H3/b7-6+/t9-,12+/m1/s1. The molecule has 94 valence electrons. The minimum atomic E-state index is -0.923. The van der Waals surface area contributed by atoms with Crippen LogP contribution in [-0.2, 0) is 11.3 Å². The van der Waals surface area contributed by atoms with Crippen molar-refractivity contribution in [2.45, 2.75) is 25.7 Å². The van der Waals surface area contributed by atoms with Crippen LogP contribution in [0.5, 0.6) is 5.75 Å². The molecule has 4 nitrogen and oxygen atoms in total. The molecule has 4 heteroatoms. The Morgan fingerprint density at radius 2 is 2.06 bits per heavy atom. The zero-order chi connectivity index (χ0) is 12.8. The van der Waals surface area contributed by atoms with Crippen molar-refractivity contribution in [3.8, 4) is 5.75 Å². The van der Waals surface area contributed by atoms with E-state index in [1.165, 1.54) is 13.0 Å². The lowest BCUT2D eigenvalue weighted by Gasteiger charge is -2.10. The second kappa shape index (κ2) is 6.39. The monoisotopic (exact) mass is 238 g/mol. The van der Waals surface area contributed by atoms with E-state index in [2.05, 4.69) is 0 Å². The van der Waals surface area contributed by atoms with Gasteiger partial charge in [0, 0.05) is 12.7 Å². The van der Waals surface area contributed by atoms with Gasteiger partial charge in [-0.3, -0.25) is 0 Å². The molecule has 0 amide bonds. The number of hydrogen-bond acceptors (Lipinski definition) is 4. The van der Waals surface area contributed by atoms with E-state index in [1.54, 1.807) is 31.4 Å². The van der Waals surface area contributed by atoms with E-state index in [1.807, 2.05) is 0 Å². The Labute approximate surface area is 101 Å². The molecule has 0 aliphatic heterocycles. The number of aromatic hydroxyl groups is 1. The van der Waals surface area contributed by atoms with Gasteiger partial charge in [0.05, 0.1) is 18.8 Å². The van der Waals surface area contributed by atoms with E-state index in [4.69, 9.17) is 9.84 Å². The second-order valence-corrected chi connectivity index (χ2v) is 3.87. The first-order valence-corrected chi connectivity index (χ1v) is 5.40. The molecule has 1 aromatic rings. The number of phenols is 1. The van der Waals surface area contributed by atoms with Gasteiger partial charge >= 0.3 is 0 Å². The maximum atomic E-state index is 9.67. The van der Waals surface area contributed by atoms with Gasteiger partial charge in [-0.1, -0.05) is 24.3 Å². The first kappa shape index (κ1) is 13.7. The number of aliphatic hydroxyl groups excluding tert-OH is 2. The molecule has 0 radical (unpaired) electrons. The van der Waals surface area contributed by atoms with Crippen LogP contribution >= 0.6 is 0 Å². The van der Waals surface area contributed by atoms with Crippen molar-refractivity contribution in [3.05, 3.63) is 35.4 Å². The SMILES string of the molecule is COCc1c(O)cccc1/C=C/[C@H](O)[C@@H](C)O. The van der Waals surface area contributed by atoms with Gasteiger partial charge in [0.15, 0.2) is 0 Å². The minimum absolute atomic E-state index is 0.153. The second-order valence-electron chi connectivity index (χ2n) is 3.87. The van der Waals surface area contributed by atoms with Crippen molar-refractivity contribution in [1.82, 2.24) is 0 Å². The number of rotatable bonds is 5. The third-order valence-corrected chi connectivity index (χ3v) is 2.44. The lowest BCUT2D eigenvalue weighted by molar-refractivity contribution is 0.0624. The number of ether oxygens (including phenoxy) is 1. The van der Waals surface area contributed by atoms with Crippen LogP contribution in [0.4, 0.5) is 0 Å². The first-order valence-electron chi connectivity index (χ1n) is 5.40. The Morgan fingerprint density at radius 3 is 2.65 bits per heavy atom. The van der Waals surface area contributed by atoms with Crippen LogP contribution in [-0.4, -0.2) is 34.6 Å². The van der Waals surface area contributed by atoms with Crippen LogP contribution in [0, 0.1) is 0 Å². The molecule has 3 N–H and O–H groups in total. The van der Waals surface area contributed by atoms with Crippen LogP contribution < -0.4 is 0 Å². The normalized spacial score (nSPS) is 15.1. The molecule has 0 aliphatic carbocycles. The number of phenolic OH excluding ortho intramolecular Hbond substituents is 1. The number of aliphatic hydroxyl groups is 2. The Bertz CT molecular complexity index is 385. The van der Waals surface area contributed by atoms with Crippen molar-refractivity contribution >= 4 is 6.08 Å². The highest BCUT2D eigenvalue weighted by Crippen LogP contribution is 2.23. The molecule has 0 aliphatic rings.